The van der Waals surface area contributed by atoms with Gasteiger partial charge in [0.25, 0.3) is 0 Å². The first-order chi connectivity index (χ1) is 14.8. The van der Waals surface area contributed by atoms with Gasteiger partial charge in [0.2, 0.25) is 0 Å². The van der Waals surface area contributed by atoms with Crippen LogP contribution in [0.2, 0.25) is 0 Å². The fraction of sp³-hybridized carbons (Fsp3) is 0.857. The molecule has 4 heteroatoms. The predicted molar refractivity (Wildman–Crippen MR) is 124 cm³/mol. The summed E-state index contributed by atoms with van der Waals surface area (Å²) in [4.78, 5) is 25.9. The molecule has 4 nitrogen and oxygen atoms in total. The van der Waals surface area contributed by atoms with Gasteiger partial charge < -0.3 is 10.2 Å². The summed E-state index contributed by atoms with van der Waals surface area (Å²) in [7, 11) is 0. The second kappa shape index (κ2) is 6.93. The second-order valence-electron chi connectivity index (χ2n) is 13.6. The molecule has 5 aliphatic rings. The number of hydrogen-bond acceptors (Lipinski definition) is 3. The van der Waals surface area contributed by atoms with Crippen LogP contribution in [0.5, 0.6) is 0 Å². The largest absolute Gasteiger partial charge is 0.481 e. The molecule has 0 bridgehead atoms. The quantitative estimate of drug-likeness (QED) is 0.552. The minimum Gasteiger partial charge on any atom is -0.481 e. The van der Waals surface area contributed by atoms with Crippen molar-refractivity contribution < 1.29 is 19.8 Å². The summed E-state index contributed by atoms with van der Waals surface area (Å²) in [6, 6.07) is 0. The minimum atomic E-state index is -0.682. The van der Waals surface area contributed by atoms with E-state index in [1.807, 2.05) is 13.0 Å². The SMILES string of the molecule is CC1(C)[C@@H](O)CC[C@]2(C)[C@H]3C(=O)C=C4C(CC[C@@]5(C)CC[C@](C)(C(=O)O)C[C@@H]45)C3CC[C@@H]12. The van der Waals surface area contributed by atoms with Crippen LogP contribution in [-0.4, -0.2) is 28.1 Å². The number of aliphatic hydroxyl groups excluding tert-OH is 1. The third-order valence-electron chi connectivity index (χ3n) is 11.7. The molecule has 0 heterocycles. The van der Waals surface area contributed by atoms with Gasteiger partial charge in [-0.25, -0.2) is 0 Å². The molecule has 5 rings (SSSR count). The first-order valence-electron chi connectivity index (χ1n) is 13.0. The van der Waals surface area contributed by atoms with Crippen LogP contribution in [-0.2, 0) is 9.59 Å². The van der Waals surface area contributed by atoms with E-state index in [-0.39, 0.29) is 34.2 Å². The Labute approximate surface area is 193 Å². The standard InChI is InChI=1S/C28H42O4/c1-25(2)21-7-6-17-16-8-10-26(3)12-13-27(4,24(31)32)15-19(26)18(16)14-20(29)23(17)28(21,5)11-9-22(25)30/h14,16-17,19,21-23,30H,6-13,15H2,1-5H3,(H,31,32)/t16?,17?,19-,21-,22-,23+,26-,27-,28-/m0/s1. The van der Waals surface area contributed by atoms with Gasteiger partial charge in [-0.05, 0) is 111 Å². The summed E-state index contributed by atoms with van der Waals surface area (Å²) in [6.45, 7) is 11.0. The average molecular weight is 443 g/mol. The Bertz CT molecular complexity index is 873. The maximum Gasteiger partial charge on any atom is 0.309 e. The second-order valence-corrected chi connectivity index (χ2v) is 13.6. The molecule has 0 aromatic rings. The van der Waals surface area contributed by atoms with Crippen LogP contribution >= 0.6 is 0 Å². The van der Waals surface area contributed by atoms with Crippen molar-refractivity contribution in [3.05, 3.63) is 11.6 Å². The molecular formula is C28H42O4. The molecule has 0 saturated heterocycles. The number of carbonyl (C=O) groups excluding carboxylic acids is 1. The molecule has 0 amide bonds. The molecule has 9 atom stereocenters. The van der Waals surface area contributed by atoms with Crippen LogP contribution in [0.3, 0.4) is 0 Å². The summed E-state index contributed by atoms with van der Waals surface area (Å²) >= 11 is 0. The van der Waals surface area contributed by atoms with Gasteiger partial charge in [0.1, 0.15) is 0 Å². The average Bonchev–Trinajstić information content (AvgIpc) is 2.71. The van der Waals surface area contributed by atoms with Gasteiger partial charge in [-0.15, -0.1) is 0 Å². The zero-order chi connectivity index (χ0) is 23.3. The van der Waals surface area contributed by atoms with Gasteiger partial charge in [0, 0.05) is 5.92 Å². The fourth-order valence-corrected chi connectivity index (χ4v) is 9.52. The zero-order valence-corrected chi connectivity index (χ0v) is 20.6. The van der Waals surface area contributed by atoms with E-state index in [1.165, 1.54) is 5.57 Å². The summed E-state index contributed by atoms with van der Waals surface area (Å²) in [5.74, 6) is 1.08. The van der Waals surface area contributed by atoms with Crippen LogP contribution < -0.4 is 0 Å². The molecule has 0 aromatic carbocycles. The summed E-state index contributed by atoms with van der Waals surface area (Å²) < 4.78 is 0. The third kappa shape index (κ3) is 2.90. The van der Waals surface area contributed by atoms with E-state index in [0.29, 0.717) is 30.0 Å². The van der Waals surface area contributed by atoms with Gasteiger partial charge in [-0.2, -0.15) is 0 Å². The number of rotatable bonds is 1. The van der Waals surface area contributed by atoms with Gasteiger partial charge in [0.15, 0.2) is 5.78 Å². The molecule has 2 unspecified atom stereocenters. The highest BCUT2D eigenvalue weighted by Crippen LogP contribution is 2.67. The molecular weight excluding hydrogens is 400 g/mol. The van der Waals surface area contributed by atoms with Crippen molar-refractivity contribution in [2.75, 3.05) is 0 Å². The monoisotopic (exact) mass is 442 g/mol. The molecule has 4 fully saturated rings. The molecule has 5 aliphatic carbocycles. The third-order valence-corrected chi connectivity index (χ3v) is 11.7. The Morgan fingerprint density at radius 2 is 1.69 bits per heavy atom. The lowest BCUT2D eigenvalue weighted by Crippen LogP contribution is -2.60. The predicted octanol–water partition coefficient (Wildman–Crippen LogP) is 5.63. The number of carbonyl (C=O) groups is 2. The van der Waals surface area contributed by atoms with Crippen molar-refractivity contribution in [3.8, 4) is 0 Å². The number of aliphatic hydroxyl groups is 1. The van der Waals surface area contributed by atoms with E-state index < -0.39 is 11.4 Å². The normalized spacial score (nSPS) is 52.1. The Balaban J connectivity index is 1.53. The topological polar surface area (TPSA) is 74.6 Å². The van der Waals surface area contributed by atoms with Crippen LogP contribution in [0.1, 0.15) is 92.4 Å². The van der Waals surface area contributed by atoms with Gasteiger partial charge in [-0.3, -0.25) is 9.59 Å². The zero-order valence-electron chi connectivity index (χ0n) is 20.6. The Morgan fingerprint density at radius 1 is 0.969 bits per heavy atom. The van der Waals surface area contributed by atoms with Crippen molar-refractivity contribution in [3.63, 3.8) is 0 Å². The summed E-state index contributed by atoms with van der Waals surface area (Å²) in [6.07, 6.45) is 10.2. The molecule has 178 valence electrons. The van der Waals surface area contributed by atoms with Gasteiger partial charge in [-0.1, -0.05) is 33.3 Å². The van der Waals surface area contributed by atoms with Gasteiger partial charge in [0.05, 0.1) is 11.5 Å². The molecule has 4 saturated carbocycles. The Hall–Kier alpha value is -1.16. The van der Waals surface area contributed by atoms with E-state index in [4.69, 9.17) is 0 Å². The molecule has 0 radical (unpaired) electrons. The van der Waals surface area contributed by atoms with Crippen LogP contribution in [0.15, 0.2) is 11.6 Å². The van der Waals surface area contributed by atoms with Crippen molar-refractivity contribution in [2.24, 2.45) is 51.2 Å². The fourth-order valence-electron chi connectivity index (χ4n) is 9.52. The Kier molecular flexibility index (Phi) is 4.90. The molecule has 0 aliphatic heterocycles. The number of aliphatic carboxylic acids is 1. The lowest BCUT2D eigenvalue weighted by atomic mass is 9.41. The van der Waals surface area contributed by atoms with E-state index in [1.54, 1.807) is 0 Å². The smallest absolute Gasteiger partial charge is 0.309 e. The van der Waals surface area contributed by atoms with E-state index >= 15 is 0 Å². The van der Waals surface area contributed by atoms with E-state index in [9.17, 15) is 19.8 Å². The summed E-state index contributed by atoms with van der Waals surface area (Å²) in [5, 5.41) is 20.7. The van der Waals surface area contributed by atoms with Crippen LogP contribution in [0.25, 0.3) is 0 Å². The maximum atomic E-state index is 13.9. The highest BCUT2D eigenvalue weighted by Gasteiger charge is 2.63. The first kappa shape index (κ1) is 22.6. The highest BCUT2D eigenvalue weighted by molar-refractivity contribution is 5.94. The van der Waals surface area contributed by atoms with Crippen molar-refractivity contribution in [1.82, 2.24) is 0 Å². The molecule has 0 aromatic heterocycles. The van der Waals surface area contributed by atoms with Crippen molar-refractivity contribution in [2.45, 2.75) is 98.5 Å². The minimum absolute atomic E-state index is 0.0480. The number of carboxylic acids is 1. The number of hydrogen-bond donors (Lipinski definition) is 2. The van der Waals surface area contributed by atoms with Crippen LogP contribution in [0.4, 0.5) is 0 Å². The number of ketones is 1. The van der Waals surface area contributed by atoms with Crippen molar-refractivity contribution in [1.29, 1.82) is 0 Å². The number of fused-ring (bicyclic) bond motifs is 7. The molecule has 2 N–H and O–H groups in total. The first-order valence-corrected chi connectivity index (χ1v) is 13.0. The van der Waals surface area contributed by atoms with E-state index in [2.05, 4.69) is 27.7 Å². The molecule has 0 spiro atoms. The number of allylic oxidation sites excluding steroid dienone is 2. The summed E-state index contributed by atoms with van der Waals surface area (Å²) in [5.41, 5.74) is 0.546. The van der Waals surface area contributed by atoms with Gasteiger partial charge >= 0.3 is 5.97 Å². The number of carboxylic acid groups (broad SMARTS) is 1. The molecule has 32 heavy (non-hydrogen) atoms. The Morgan fingerprint density at radius 3 is 2.38 bits per heavy atom. The van der Waals surface area contributed by atoms with Crippen LogP contribution in [0, 0.1) is 51.2 Å². The maximum absolute atomic E-state index is 13.9. The lowest BCUT2D eigenvalue weighted by molar-refractivity contribution is -0.169. The van der Waals surface area contributed by atoms with E-state index in [0.717, 1.165) is 51.4 Å². The highest BCUT2D eigenvalue weighted by atomic mass is 16.4. The van der Waals surface area contributed by atoms with Crippen molar-refractivity contribution >= 4 is 11.8 Å². The lowest BCUT2D eigenvalue weighted by Gasteiger charge is -2.63.